The lowest BCUT2D eigenvalue weighted by atomic mass is 9.96. The SMILES string of the molecule is Cc1nn(-c2ccccc2)nc1C(=O)NCCC1COc2ccc(C(=N)NC(=O)OC(C)(C)C)cc21. The molecule has 4 rings (SSSR count). The molecule has 0 fully saturated rings. The first-order valence-corrected chi connectivity index (χ1v) is 11.7. The van der Waals surface area contributed by atoms with Crippen molar-refractivity contribution >= 4 is 17.8 Å². The molecule has 10 heteroatoms. The summed E-state index contributed by atoms with van der Waals surface area (Å²) in [5.41, 5.74) is 2.44. The van der Waals surface area contributed by atoms with Gasteiger partial charge in [0, 0.05) is 23.6 Å². The third kappa shape index (κ3) is 5.88. The Hall–Kier alpha value is -4.21. The van der Waals surface area contributed by atoms with Crippen molar-refractivity contribution in [3.63, 3.8) is 0 Å². The first-order valence-electron chi connectivity index (χ1n) is 11.7. The van der Waals surface area contributed by atoms with Gasteiger partial charge < -0.3 is 14.8 Å². The van der Waals surface area contributed by atoms with Crippen LogP contribution in [-0.4, -0.2) is 51.6 Å². The summed E-state index contributed by atoms with van der Waals surface area (Å²) in [6, 6.07) is 14.8. The number of carbonyl (C=O) groups is 2. The fourth-order valence-electron chi connectivity index (χ4n) is 3.86. The lowest BCUT2D eigenvalue weighted by Crippen LogP contribution is -2.36. The van der Waals surface area contributed by atoms with E-state index in [0.717, 1.165) is 17.0 Å². The van der Waals surface area contributed by atoms with Crippen LogP contribution in [0.25, 0.3) is 5.69 Å². The van der Waals surface area contributed by atoms with E-state index >= 15 is 0 Å². The quantitative estimate of drug-likeness (QED) is 0.356. The predicted molar refractivity (Wildman–Crippen MR) is 134 cm³/mol. The fourth-order valence-corrected chi connectivity index (χ4v) is 3.86. The van der Waals surface area contributed by atoms with E-state index in [9.17, 15) is 9.59 Å². The summed E-state index contributed by atoms with van der Waals surface area (Å²) in [7, 11) is 0. The molecule has 0 spiro atoms. The van der Waals surface area contributed by atoms with Crippen LogP contribution >= 0.6 is 0 Å². The van der Waals surface area contributed by atoms with Crippen LogP contribution in [0.4, 0.5) is 4.79 Å². The molecule has 10 nitrogen and oxygen atoms in total. The topological polar surface area (TPSA) is 131 Å². The summed E-state index contributed by atoms with van der Waals surface area (Å²) in [5, 5.41) is 22.3. The van der Waals surface area contributed by atoms with Crippen LogP contribution in [0.1, 0.15) is 60.4 Å². The van der Waals surface area contributed by atoms with Gasteiger partial charge in [0.05, 0.1) is 18.0 Å². The number of rotatable bonds is 6. The van der Waals surface area contributed by atoms with Gasteiger partial charge in [-0.25, -0.2) is 4.79 Å². The average Bonchev–Trinajstić information content (AvgIpc) is 3.41. The number of aromatic nitrogens is 3. The number of hydrogen-bond acceptors (Lipinski definition) is 7. The standard InChI is InChI=1S/C26H30N6O4/c1-16-22(31-32(30-16)19-8-6-5-7-9-19)24(33)28-13-12-18-15-35-21-11-10-17(14-20(18)21)23(27)29-25(34)36-26(2,3)4/h5-11,14,18H,12-13,15H2,1-4H3,(H,28,33)(H2,27,29,34). The number of nitrogens with one attached hydrogen (secondary N) is 3. The highest BCUT2D eigenvalue weighted by atomic mass is 16.6. The van der Waals surface area contributed by atoms with Crippen LogP contribution in [0.15, 0.2) is 48.5 Å². The highest BCUT2D eigenvalue weighted by molar-refractivity contribution is 6.04. The highest BCUT2D eigenvalue weighted by Gasteiger charge is 2.26. The highest BCUT2D eigenvalue weighted by Crippen LogP contribution is 2.36. The molecule has 1 atom stereocenters. The minimum atomic E-state index is -0.678. The second kappa shape index (κ2) is 10.2. The molecule has 188 valence electrons. The molecule has 1 aromatic heterocycles. The maximum atomic E-state index is 12.7. The maximum Gasteiger partial charge on any atom is 0.413 e. The van der Waals surface area contributed by atoms with Gasteiger partial charge in [0.2, 0.25) is 0 Å². The van der Waals surface area contributed by atoms with Gasteiger partial charge in [-0.05, 0) is 64.4 Å². The Morgan fingerprint density at radius 1 is 1.17 bits per heavy atom. The van der Waals surface area contributed by atoms with Crippen LogP contribution < -0.4 is 15.4 Å². The molecule has 2 heterocycles. The molecule has 1 aliphatic heterocycles. The van der Waals surface area contributed by atoms with Crippen molar-refractivity contribution in [3.05, 3.63) is 71.0 Å². The Kier molecular flexibility index (Phi) is 7.05. The molecule has 2 aromatic carbocycles. The van der Waals surface area contributed by atoms with Gasteiger partial charge in [-0.1, -0.05) is 18.2 Å². The van der Waals surface area contributed by atoms with Gasteiger partial charge in [0.1, 0.15) is 17.2 Å². The number of nitrogens with zero attached hydrogens (tertiary/aromatic N) is 3. The van der Waals surface area contributed by atoms with Crippen LogP contribution in [0.3, 0.4) is 0 Å². The van der Waals surface area contributed by atoms with Crippen LogP contribution in [0.5, 0.6) is 5.75 Å². The Bertz CT molecular complexity index is 1280. The second-order valence-electron chi connectivity index (χ2n) is 9.57. The summed E-state index contributed by atoms with van der Waals surface area (Å²) in [5.74, 6) is 0.436. The number of ether oxygens (including phenoxy) is 2. The largest absolute Gasteiger partial charge is 0.493 e. The molecule has 1 aliphatic rings. The number of benzene rings is 2. The normalized spacial score (nSPS) is 14.5. The first kappa shape index (κ1) is 24.9. The molecule has 0 radical (unpaired) electrons. The zero-order chi connectivity index (χ0) is 25.9. The van der Waals surface area contributed by atoms with Gasteiger partial charge in [0.25, 0.3) is 5.91 Å². The third-order valence-electron chi connectivity index (χ3n) is 5.57. The van der Waals surface area contributed by atoms with E-state index in [0.29, 0.717) is 30.8 Å². The summed E-state index contributed by atoms with van der Waals surface area (Å²) >= 11 is 0. The molecular formula is C26H30N6O4. The molecular weight excluding hydrogens is 460 g/mol. The van der Waals surface area contributed by atoms with Crippen molar-refractivity contribution < 1.29 is 19.1 Å². The van der Waals surface area contributed by atoms with Crippen molar-refractivity contribution in [1.82, 2.24) is 25.6 Å². The number of carbonyl (C=O) groups excluding carboxylic acids is 2. The van der Waals surface area contributed by atoms with Gasteiger partial charge in [0.15, 0.2) is 5.69 Å². The lowest BCUT2D eigenvalue weighted by Gasteiger charge is -2.20. The van der Waals surface area contributed by atoms with Gasteiger partial charge in [-0.15, -0.1) is 5.10 Å². The molecule has 0 saturated heterocycles. The number of alkyl carbamates (subject to hydrolysis) is 1. The predicted octanol–water partition coefficient (Wildman–Crippen LogP) is 3.72. The number of amidine groups is 1. The molecule has 3 aromatic rings. The summed E-state index contributed by atoms with van der Waals surface area (Å²) in [6.07, 6.45) is -0.0380. The Morgan fingerprint density at radius 3 is 2.64 bits per heavy atom. The number of fused-ring (bicyclic) bond motifs is 1. The fraction of sp³-hybridized carbons (Fsp3) is 0.346. The van der Waals surface area contributed by atoms with E-state index in [1.807, 2.05) is 36.4 Å². The van der Waals surface area contributed by atoms with Gasteiger partial charge >= 0.3 is 6.09 Å². The van der Waals surface area contributed by atoms with Crippen molar-refractivity contribution in [2.24, 2.45) is 0 Å². The molecule has 2 amide bonds. The van der Waals surface area contributed by atoms with E-state index in [1.165, 1.54) is 4.80 Å². The summed E-state index contributed by atoms with van der Waals surface area (Å²) in [4.78, 5) is 26.2. The van der Waals surface area contributed by atoms with E-state index in [2.05, 4.69) is 20.8 Å². The minimum absolute atomic E-state index is 0.0377. The van der Waals surface area contributed by atoms with Crippen molar-refractivity contribution in [3.8, 4) is 11.4 Å². The molecule has 36 heavy (non-hydrogen) atoms. The van der Waals surface area contributed by atoms with Crippen molar-refractivity contribution in [1.29, 1.82) is 5.41 Å². The number of hydrogen-bond donors (Lipinski definition) is 3. The second-order valence-corrected chi connectivity index (χ2v) is 9.57. The van der Waals surface area contributed by atoms with Crippen LogP contribution in [-0.2, 0) is 4.74 Å². The zero-order valence-electron chi connectivity index (χ0n) is 20.8. The monoisotopic (exact) mass is 490 g/mol. The van der Waals surface area contributed by atoms with Gasteiger partial charge in [-0.2, -0.15) is 9.90 Å². The molecule has 1 unspecified atom stereocenters. The number of amides is 2. The lowest BCUT2D eigenvalue weighted by molar-refractivity contribution is 0.0563. The van der Waals surface area contributed by atoms with Crippen LogP contribution in [0.2, 0.25) is 0 Å². The van der Waals surface area contributed by atoms with Gasteiger partial charge in [-0.3, -0.25) is 15.5 Å². The number of para-hydroxylation sites is 1. The summed E-state index contributed by atoms with van der Waals surface area (Å²) < 4.78 is 11.0. The third-order valence-corrected chi connectivity index (χ3v) is 5.57. The zero-order valence-corrected chi connectivity index (χ0v) is 20.8. The summed E-state index contributed by atoms with van der Waals surface area (Å²) in [6.45, 7) is 7.94. The Balaban J connectivity index is 1.35. The van der Waals surface area contributed by atoms with Crippen LogP contribution in [0, 0.1) is 12.3 Å². The van der Waals surface area contributed by atoms with E-state index < -0.39 is 11.7 Å². The maximum absolute atomic E-state index is 12.7. The van der Waals surface area contributed by atoms with E-state index in [4.69, 9.17) is 14.9 Å². The Labute approximate surface area is 209 Å². The smallest absolute Gasteiger partial charge is 0.413 e. The number of aryl methyl sites for hydroxylation is 1. The van der Waals surface area contributed by atoms with E-state index in [1.54, 1.807) is 39.8 Å². The molecule has 3 N–H and O–H groups in total. The Morgan fingerprint density at radius 2 is 1.92 bits per heavy atom. The van der Waals surface area contributed by atoms with E-state index in [-0.39, 0.29) is 23.4 Å². The molecule has 0 aliphatic carbocycles. The van der Waals surface area contributed by atoms with Crippen molar-refractivity contribution in [2.45, 2.75) is 45.6 Å². The first-order chi connectivity index (χ1) is 17.1. The van der Waals surface area contributed by atoms with Crippen molar-refractivity contribution in [2.75, 3.05) is 13.2 Å². The minimum Gasteiger partial charge on any atom is -0.493 e. The average molecular weight is 491 g/mol. The molecule has 0 bridgehead atoms. The molecule has 0 saturated carbocycles.